The van der Waals surface area contributed by atoms with Crippen molar-refractivity contribution < 1.29 is 9.15 Å². The number of nitrogens with zero attached hydrogens (tertiary/aromatic N) is 3. The normalized spacial score (nSPS) is 20.5. The molecule has 1 unspecified atom stereocenters. The summed E-state index contributed by atoms with van der Waals surface area (Å²) in [6.07, 6.45) is 0. The van der Waals surface area contributed by atoms with Gasteiger partial charge in [-0.1, -0.05) is 0 Å². The van der Waals surface area contributed by atoms with Crippen molar-refractivity contribution in [1.29, 1.82) is 0 Å². The number of morpholine rings is 1. The highest BCUT2D eigenvalue weighted by Crippen LogP contribution is 2.23. The van der Waals surface area contributed by atoms with Gasteiger partial charge in [-0.15, -0.1) is 24.0 Å². The zero-order chi connectivity index (χ0) is 14.7. The number of rotatable bonds is 4. The van der Waals surface area contributed by atoms with Crippen LogP contribution in [0.5, 0.6) is 0 Å². The second-order valence-corrected chi connectivity index (χ2v) is 5.62. The molecule has 0 radical (unpaired) electrons. The molecule has 1 saturated heterocycles. The maximum Gasteiger partial charge on any atom is 0.193 e. The molecule has 3 heterocycles. The van der Waals surface area contributed by atoms with E-state index in [0.717, 1.165) is 63.4 Å². The van der Waals surface area contributed by atoms with E-state index in [2.05, 4.69) is 33.2 Å². The molecule has 124 valence electrons. The van der Waals surface area contributed by atoms with E-state index in [4.69, 9.17) is 9.15 Å². The number of likely N-dealkylation sites (N-methyl/N-ethyl adjacent to an activating group) is 1. The van der Waals surface area contributed by atoms with Gasteiger partial charge in [-0.25, -0.2) is 0 Å². The Morgan fingerprint density at radius 1 is 1.27 bits per heavy atom. The highest BCUT2D eigenvalue weighted by Gasteiger charge is 2.26. The number of hydrogen-bond acceptors (Lipinski definition) is 6. The fourth-order valence-electron chi connectivity index (χ4n) is 2.84. The summed E-state index contributed by atoms with van der Waals surface area (Å²) in [7, 11) is 2.07. The van der Waals surface area contributed by atoms with E-state index in [1.807, 2.05) is 13.0 Å². The third-order valence-electron chi connectivity index (χ3n) is 4.09. The van der Waals surface area contributed by atoms with Crippen molar-refractivity contribution in [3.05, 3.63) is 23.7 Å². The zero-order valence-electron chi connectivity index (χ0n) is 13.2. The van der Waals surface area contributed by atoms with Crippen LogP contribution in [0.4, 0.5) is 0 Å². The lowest BCUT2D eigenvalue weighted by Crippen LogP contribution is -2.45. The highest BCUT2D eigenvalue weighted by molar-refractivity contribution is 14.0. The monoisotopic (exact) mass is 420 g/mol. The van der Waals surface area contributed by atoms with Crippen LogP contribution in [0, 0.1) is 6.92 Å². The number of halogens is 1. The first-order chi connectivity index (χ1) is 10.2. The fraction of sp³-hybridized carbons (Fsp3) is 0.667. The van der Waals surface area contributed by atoms with Crippen molar-refractivity contribution in [3.63, 3.8) is 0 Å². The molecular weight excluding hydrogens is 395 g/mol. The molecule has 0 spiro atoms. The topological polar surface area (TPSA) is 53.2 Å². The van der Waals surface area contributed by atoms with Crippen LogP contribution in [-0.2, 0) is 4.74 Å². The van der Waals surface area contributed by atoms with Crippen molar-refractivity contribution in [2.75, 3.05) is 53.0 Å². The quantitative estimate of drug-likeness (QED) is 0.748. The summed E-state index contributed by atoms with van der Waals surface area (Å²) in [4.78, 5) is 9.07. The van der Waals surface area contributed by atoms with E-state index >= 15 is 0 Å². The maximum atomic E-state index is 5.86. The molecule has 0 saturated carbocycles. The summed E-state index contributed by atoms with van der Waals surface area (Å²) in [6, 6.07) is 4.33. The van der Waals surface area contributed by atoms with E-state index in [1.54, 1.807) is 0 Å². The van der Waals surface area contributed by atoms with Crippen LogP contribution in [0.15, 0.2) is 21.5 Å². The minimum atomic E-state index is 0. The molecule has 0 aromatic carbocycles. The minimum absolute atomic E-state index is 0. The van der Waals surface area contributed by atoms with Crippen LogP contribution >= 0.6 is 24.0 Å². The molecule has 3 rings (SSSR count). The zero-order valence-corrected chi connectivity index (χ0v) is 15.6. The lowest BCUT2D eigenvalue weighted by Gasteiger charge is -2.33. The molecule has 1 fully saturated rings. The van der Waals surface area contributed by atoms with Crippen LogP contribution in [0.25, 0.3) is 0 Å². The van der Waals surface area contributed by atoms with Gasteiger partial charge in [0.25, 0.3) is 0 Å². The predicted octanol–water partition coefficient (Wildman–Crippen LogP) is 1.47. The lowest BCUT2D eigenvalue weighted by atomic mass is 10.1. The summed E-state index contributed by atoms with van der Waals surface area (Å²) in [5.74, 6) is 2.96. The molecule has 22 heavy (non-hydrogen) atoms. The smallest absolute Gasteiger partial charge is 0.193 e. The molecule has 7 heteroatoms. The number of aryl methyl sites for hydroxylation is 1. The molecule has 1 N–H and O–H groups in total. The van der Waals surface area contributed by atoms with Gasteiger partial charge in [-0.2, -0.15) is 0 Å². The summed E-state index contributed by atoms with van der Waals surface area (Å²) in [5.41, 5.74) is 0. The number of ether oxygens (including phenoxy) is 1. The predicted molar refractivity (Wildman–Crippen MR) is 96.9 cm³/mol. The Morgan fingerprint density at radius 3 is 2.64 bits per heavy atom. The Bertz CT molecular complexity index is 499. The second kappa shape index (κ2) is 8.16. The summed E-state index contributed by atoms with van der Waals surface area (Å²) < 4.78 is 11.3. The van der Waals surface area contributed by atoms with Crippen LogP contribution in [0.1, 0.15) is 17.6 Å². The Labute approximate surface area is 148 Å². The molecular formula is C15H25IN4O2. The van der Waals surface area contributed by atoms with Gasteiger partial charge < -0.3 is 19.4 Å². The average Bonchev–Trinajstić information content (AvgIpc) is 3.10. The number of furan rings is 1. The SMILES string of the molecule is Cc1ccc(C(CNC2=NCCN2C)N2CCOCC2)o1.I. The van der Waals surface area contributed by atoms with E-state index < -0.39 is 0 Å². The Balaban J connectivity index is 0.00000176. The van der Waals surface area contributed by atoms with E-state index in [1.165, 1.54) is 0 Å². The second-order valence-electron chi connectivity index (χ2n) is 5.62. The van der Waals surface area contributed by atoms with E-state index in [0.29, 0.717) is 0 Å². The summed E-state index contributed by atoms with van der Waals surface area (Å²) in [5, 5.41) is 3.47. The van der Waals surface area contributed by atoms with Crippen molar-refractivity contribution in [2.45, 2.75) is 13.0 Å². The van der Waals surface area contributed by atoms with Gasteiger partial charge in [0.2, 0.25) is 0 Å². The first kappa shape index (κ1) is 17.6. The van der Waals surface area contributed by atoms with Crippen LogP contribution in [0.3, 0.4) is 0 Å². The molecule has 0 bridgehead atoms. The standard InChI is InChI=1S/C15H24N4O2.HI/c1-12-3-4-14(21-12)13(19-7-9-20-10-8-19)11-17-15-16-5-6-18(15)2;/h3-4,13H,5-11H2,1-2H3,(H,16,17);1H. The fourth-order valence-corrected chi connectivity index (χ4v) is 2.84. The van der Waals surface area contributed by atoms with Gasteiger partial charge in [-0.3, -0.25) is 9.89 Å². The van der Waals surface area contributed by atoms with Gasteiger partial charge in [0.15, 0.2) is 5.96 Å². The number of aliphatic imine (C=N–C) groups is 1. The maximum absolute atomic E-state index is 5.86. The average molecular weight is 420 g/mol. The summed E-state index contributed by atoms with van der Waals surface area (Å²) in [6.45, 7) is 8.11. The van der Waals surface area contributed by atoms with Gasteiger partial charge >= 0.3 is 0 Å². The van der Waals surface area contributed by atoms with Crippen LogP contribution in [0.2, 0.25) is 0 Å². The van der Waals surface area contributed by atoms with Gasteiger partial charge in [0.1, 0.15) is 11.5 Å². The first-order valence-electron chi connectivity index (χ1n) is 7.61. The van der Waals surface area contributed by atoms with Gasteiger partial charge in [-0.05, 0) is 19.1 Å². The van der Waals surface area contributed by atoms with Crippen molar-refractivity contribution in [1.82, 2.24) is 15.1 Å². The van der Waals surface area contributed by atoms with Crippen molar-refractivity contribution in [3.8, 4) is 0 Å². The van der Waals surface area contributed by atoms with E-state index in [-0.39, 0.29) is 30.0 Å². The Kier molecular flexibility index (Phi) is 6.51. The van der Waals surface area contributed by atoms with E-state index in [9.17, 15) is 0 Å². The number of guanidine groups is 1. The van der Waals surface area contributed by atoms with Crippen LogP contribution in [-0.4, -0.2) is 68.7 Å². The molecule has 0 amide bonds. The Morgan fingerprint density at radius 2 is 2.05 bits per heavy atom. The number of nitrogens with one attached hydrogen (secondary N) is 1. The van der Waals surface area contributed by atoms with Gasteiger partial charge in [0, 0.05) is 33.2 Å². The minimum Gasteiger partial charge on any atom is -0.465 e. The largest absolute Gasteiger partial charge is 0.465 e. The molecule has 0 aliphatic carbocycles. The molecule has 6 nitrogen and oxygen atoms in total. The van der Waals surface area contributed by atoms with Crippen molar-refractivity contribution >= 4 is 29.9 Å². The molecule has 1 atom stereocenters. The molecule has 2 aliphatic heterocycles. The lowest BCUT2D eigenvalue weighted by molar-refractivity contribution is 0.0124. The van der Waals surface area contributed by atoms with Crippen LogP contribution < -0.4 is 5.32 Å². The molecule has 2 aliphatic rings. The third-order valence-corrected chi connectivity index (χ3v) is 4.09. The highest BCUT2D eigenvalue weighted by atomic mass is 127. The van der Waals surface area contributed by atoms with Gasteiger partial charge in [0.05, 0.1) is 25.8 Å². The summed E-state index contributed by atoms with van der Waals surface area (Å²) >= 11 is 0. The first-order valence-corrected chi connectivity index (χ1v) is 7.61. The Hall–Kier alpha value is -0.800. The molecule has 1 aromatic rings. The third kappa shape index (κ3) is 4.14. The van der Waals surface area contributed by atoms with Crippen molar-refractivity contribution in [2.24, 2.45) is 4.99 Å². The molecule has 1 aromatic heterocycles. The number of hydrogen-bond donors (Lipinski definition) is 1.